The molecule has 8 aromatic rings. The van der Waals surface area contributed by atoms with Crippen LogP contribution in [0.5, 0.6) is 0 Å². The predicted octanol–water partition coefficient (Wildman–Crippen LogP) is 15.1. The first kappa shape index (κ1) is 44.0. The third kappa shape index (κ3) is 11.1. The second-order valence-corrected chi connectivity index (χ2v) is 17.0. The van der Waals surface area contributed by atoms with Gasteiger partial charge in [-0.25, -0.2) is 29.9 Å². The molecule has 0 aliphatic carbocycles. The minimum atomic E-state index is 0.652. The standard InChI is InChI=1S/C58H60N6/c1-5-9-13-41-17-25-47(26-18-41)53-59-54(48-27-19-42(20-28-48)14-10-6-2)62-57(61-53)51-37-33-45(34-38-51)46-35-39-52(40-36-46)58-63-55(49-29-21-43(22-30-49)15-11-7-3)60-56(64-58)50-31-23-44(24-32-50)16-12-8-4/h17-40H,5-16H2,1-4H3. The van der Waals surface area contributed by atoms with Crippen molar-refractivity contribution in [1.29, 1.82) is 0 Å². The molecule has 64 heavy (non-hydrogen) atoms. The predicted molar refractivity (Wildman–Crippen MR) is 266 cm³/mol. The van der Waals surface area contributed by atoms with Crippen molar-refractivity contribution in [2.75, 3.05) is 0 Å². The molecule has 0 amide bonds. The Labute approximate surface area is 380 Å². The summed E-state index contributed by atoms with van der Waals surface area (Å²) in [5, 5.41) is 0. The molecule has 0 N–H and O–H groups in total. The number of rotatable bonds is 19. The summed E-state index contributed by atoms with van der Waals surface area (Å²) in [4.78, 5) is 30.2. The Balaban J connectivity index is 1.08. The van der Waals surface area contributed by atoms with Crippen LogP contribution >= 0.6 is 0 Å². The third-order valence-electron chi connectivity index (χ3n) is 12.0. The van der Waals surface area contributed by atoms with Crippen molar-refractivity contribution in [2.45, 2.75) is 105 Å². The van der Waals surface area contributed by atoms with Gasteiger partial charge < -0.3 is 0 Å². The minimum Gasteiger partial charge on any atom is -0.208 e. The number of hydrogen-bond acceptors (Lipinski definition) is 6. The van der Waals surface area contributed by atoms with Gasteiger partial charge in [0.15, 0.2) is 34.9 Å². The maximum Gasteiger partial charge on any atom is 0.164 e. The van der Waals surface area contributed by atoms with E-state index in [1.807, 2.05) is 0 Å². The molecule has 0 aliphatic heterocycles. The fourth-order valence-corrected chi connectivity index (χ4v) is 7.96. The summed E-state index contributed by atoms with van der Waals surface area (Å²) in [7, 11) is 0. The molecule has 0 aliphatic rings. The zero-order chi connectivity index (χ0) is 44.1. The van der Waals surface area contributed by atoms with Gasteiger partial charge in [0.05, 0.1) is 0 Å². The van der Waals surface area contributed by atoms with Gasteiger partial charge in [-0.2, -0.15) is 0 Å². The fourth-order valence-electron chi connectivity index (χ4n) is 7.96. The summed E-state index contributed by atoms with van der Waals surface area (Å²) in [6, 6.07) is 51.8. The number of hydrogen-bond donors (Lipinski definition) is 0. The molecule has 6 nitrogen and oxygen atoms in total. The van der Waals surface area contributed by atoms with Crippen LogP contribution in [0.3, 0.4) is 0 Å². The van der Waals surface area contributed by atoms with Crippen LogP contribution in [0.2, 0.25) is 0 Å². The van der Waals surface area contributed by atoms with Crippen LogP contribution in [0, 0.1) is 0 Å². The van der Waals surface area contributed by atoms with E-state index in [4.69, 9.17) is 29.9 Å². The summed E-state index contributed by atoms with van der Waals surface area (Å²) in [5.74, 6) is 4.01. The maximum absolute atomic E-state index is 5.05. The largest absolute Gasteiger partial charge is 0.208 e. The Bertz CT molecular complexity index is 2370. The van der Waals surface area contributed by atoms with Crippen molar-refractivity contribution in [2.24, 2.45) is 0 Å². The van der Waals surface area contributed by atoms with Gasteiger partial charge in [0.2, 0.25) is 0 Å². The summed E-state index contributed by atoms with van der Waals surface area (Å²) >= 11 is 0. The van der Waals surface area contributed by atoms with E-state index in [-0.39, 0.29) is 0 Å². The minimum absolute atomic E-state index is 0.652. The van der Waals surface area contributed by atoms with Gasteiger partial charge in [0.25, 0.3) is 0 Å². The second-order valence-electron chi connectivity index (χ2n) is 17.0. The van der Waals surface area contributed by atoms with Crippen molar-refractivity contribution >= 4 is 0 Å². The highest BCUT2D eigenvalue weighted by atomic mass is 15.0. The number of aromatic nitrogens is 6. The van der Waals surface area contributed by atoms with Crippen molar-refractivity contribution in [3.8, 4) is 79.5 Å². The van der Waals surface area contributed by atoms with Gasteiger partial charge in [-0.15, -0.1) is 0 Å². The SMILES string of the molecule is CCCCc1ccc(-c2nc(-c3ccc(CCCC)cc3)nc(-c3ccc(-c4ccc(-c5nc(-c6ccc(CCCC)cc6)nc(-c6ccc(CCCC)cc6)n5)cc4)cc3)n2)cc1. The molecule has 322 valence electrons. The van der Waals surface area contributed by atoms with Crippen molar-refractivity contribution in [3.05, 3.63) is 168 Å². The molecule has 0 saturated heterocycles. The van der Waals surface area contributed by atoms with Gasteiger partial charge in [-0.3, -0.25) is 0 Å². The molecule has 0 bridgehead atoms. The highest BCUT2D eigenvalue weighted by molar-refractivity contribution is 5.73. The molecule has 6 aromatic carbocycles. The van der Waals surface area contributed by atoms with Gasteiger partial charge in [0.1, 0.15) is 0 Å². The first-order valence-corrected chi connectivity index (χ1v) is 23.6. The Morgan fingerprint density at radius 1 is 0.219 bits per heavy atom. The molecule has 0 fully saturated rings. The van der Waals surface area contributed by atoms with Crippen LogP contribution < -0.4 is 0 Å². The summed E-state index contributed by atoms with van der Waals surface area (Å²) < 4.78 is 0. The summed E-state index contributed by atoms with van der Waals surface area (Å²) in [6.07, 6.45) is 13.7. The van der Waals surface area contributed by atoms with Crippen molar-refractivity contribution < 1.29 is 0 Å². The molecular weight excluding hydrogens is 781 g/mol. The van der Waals surface area contributed by atoms with Crippen LogP contribution in [-0.4, -0.2) is 29.9 Å². The van der Waals surface area contributed by atoms with Crippen LogP contribution in [0.4, 0.5) is 0 Å². The highest BCUT2D eigenvalue weighted by Crippen LogP contribution is 2.31. The van der Waals surface area contributed by atoms with E-state index in [0.717, 1.165) is 70.2 Å². The molecule has 0 atom stereocenters. The fraction of sp³-hybridized carbons (Fsp3) is 0.276. The highest BCUT2D eigenvalue weighted by Gasteiger charge is 2.15. The Kier molecular flexibility index (Phi) is 14.9. The normalized spacial score (nSPS) is 11.2. The number of nitrogens with zero attached hydrogens (tertiary/aromatic N) is 6. The lowest BCUT2D eigenvalue weighted by molar-refractivity contribution is 0.795. The van der Waals surface area contributed by atoms with E-state index < -0.39 is 0 Å². The quantitative estimate of drug-likeness (QED) is 0.0807. The van der Waals surface area contributed by atoms with E-state index >= 15 is 0 Å². The molecule has 8 rings (SSSR count). The molecule has 2 heterocycles. The van der Waals surface area contributed by atoms with E-state index in [9.17, 15) is 0 Å². The van der Waals surface area contributed by atoms with Gasteiger partial charge in [-0.05, 0) is 84.7 Å². The van der Waals surface area contributed by atoms with Crippen molar-refractivity contribution in [3.63, 3.8) is 0 Å². The Hall–Kier alpha value is -6.66. The lowest BCUT2D eigenvalue weighted by atomic mass is 10.0. The van der Waals surface area contributed by atoms with Gasteiger partial charge >= 0.3 is 0 Å². The van der Waals surface area contributed by atoms with Crippen LogP contribution in [-0.2, 0) is 25.7 Å². The lowest BCUT2D eigenvalue weighted by Crippen LogP contribution is -2.01. The molecule has 0 saturated carbocycles. The van der Waals surface area contributed by atoms with Gasteiger partial charge in [-0.1, -0.05) is 199 Å². The average Bonchev–Trinajstić information content (AvgIpc) is 3.36. The van der Waals surface area contributed by atoms with E-state index in [2.05, 4.69) is 173 Å². The third-order valence-corrected chi connectivity index (χ3v) is 12.0. The number of aryl methyl sites for hydroxylation is 4. The van der Waals surface area contributed by atoms with Crippen LogP contribution in [0.1, 0.15) is 101 Å². The maximum atomic E-state index is 5.05. The zero-order valence-electron chi connectivity index (χ0n) is 38.0. The van der Waals surface area contributed by atoms with Gasteiger partial charge in [0, 0.05) is 33.4 Å². The molecule has 0 spiro atoms. The first-order chi connectivity index (χ1) is 31.5. The smallest absolute Gasteiger partial charge is 0.164 e. The molecule has 0 unspecified atom stereocenters. The summed E-state index contributed by atoms with van der Waals surface area (Å²) in [5.41, 5.74) is 13.3. The first-order valence-electron chi connectivity index (χ1n) is 23.6. The lowest BCUT2D eigenvalue weighted by Gasteiger charge is -2.11. The molecule has 6 heteroatoms. The number of benzene rings is 6. The Morgan fingerprint density at radius 3 is 0.547 bits per heavy atom. The topological polar surface area (TPSA) is 77.3 Å². The Morgan fingerprint density at radius 2 is 0.375 bits per heavy atom. The average molecular weight is 841 g/mol. The van der Waals surface area contributed by atoms with E-state index in [0.29, 0.717) is 34.9 Å². The molecule has 0 radical (unpaired) electrons. The van der Waals surface area contributed by atoms with Crippen LogP contribution in [0.15, 0.2) is 146 Å². The summed E-state index contributed by atoms with van der Waals surface area (Å²) in [6.45, 7) is 8.92. The molecular formula is C58H60N6. The van der Waals surface area contributed by atoms with E-state index in [1.165, 1.54) is 73.6 Å². The second kappa shape index (κ2) is 21.6. The monoisotopic (exact) mass is 840 g/mol. The van der Waals surface area contributed by atoms with Crippen LogP contribution in [0.25, 0.3) is 79.5 Å². The van der Waals surface area contributed by atoms with E-state index in [1.54, 1.807) is 0 Å². The molecule has 2 aromatic heterocycles. The zero-order valence-corrected chi connectivity index (χ0v) is 38.0. The van der Waals surface area contributed by atoms with Crippen molar-refractivity contribution in [1.82, 2.24) is 29.9 Å². The number of unbranched alkanes of at least 4 members (excludes halogenated alkanes) is 4.